The Balaban J connectivity index is 0.908. The molecule has 0 radical (unpaired) electrons. The predicted octanol–water partition coefficient (Wildman–Crippen LogP) is 9.47. The molecule has 9 nitrogen and oxygen atoms in total. The van der Waals surface area contributed by atoms with Crippen molar-refractivity contribution in [3.8, 4) is 11.1 Å². The molecule has 2 amide bonds. The number of ether oxygens (including phenoxy) is 2. The van der Waals surface area contributed by atoms with E-state index in [0.29, 0.717) is 47.6 Å². The van der Waals surface area contributed by atoms with Crippen molar-refractivity contribution in [2.45, 2.75) is 123 Å². The number of amides is 2. The van der Waals surface area contributed by atoms with Crippen molar-refractivity contribution >= 4 is 23.2 Å². The van der Waals surface area contributed by atoms with Crippen molar-refractivity contribution in [1.82, 2.24) is 10.2 Å². The van der Waals surface area contributed by atoms with Gasteiger partial charge in [0.15, 0.2) is 6.29 Å². The Morgan fingerprint density at radius 1 is 0.793 bits per heavy atom. The number of unbranched alkanes of at least 4 members (excludes halogenated alkanes) is 3. The highest BCUT2D eigenvalue weighted by Gasteiger charge is 2.50. The van der Waals surface area contributed by atoms with E-state index in [9.17, 15) is 14.7 Å². The zero-order valence-electron chi connectivity index (χ0n) is 34.6. The van der Waals surface area contributed by atoms with Gasteiger partial charge < -0.3 is 30.9 Å². The molecule has 308 valence electrons. The monoisotopic (exact) mass is 786 g/mol. The molecule has 2 aliphatic heterocycles. The summed E-state index contributed by atoms with van der Waals surface area (Å²) in [6.07, 6.45) is 8.20. The highest BCUT2D eigenvalue weighted by atomic mass is 16.7. The Kier molecular flexibility index (Phi) is 13.3. The number of aliphatic hydroxyl groups excluding tert-OH is 1. The van der Waals surface area contributed by atoms with Gasteiger partial charge in [0.05, 0.1) is 30.2 Å². The topological polar surface area (TPSA) is 126 Å². The first-order valence-corrected chi connectivity index (χ1v) is 21.3. The number of para-hydroxylation sites is 2. The maximum atomic E-state index is 12.7. The molecule has 2 heterocycles. The van der Waals surface area contributed by atoms with Crippen LogP contribution in [0.15, 0.2) is 97.1 Å². The number of nitrogens with two attached hydrogens (primary N) is 1. The van der Waals surface area contributed by atoms with Crippen LogP contribution in [0.25, 0.3) is 11.1 Å². The van der Waals surface area contributed by atoms with Crippen LogP contribution in [0, 0.1) is 10.8 Å². The summed E-state index contributed by atoms with van der Waals surface area (Å²) >= 11 is 0. The normalized spacial score (nSPS) is 24.0. The standard InChI is InChI=1S/C49H62N4O5/c1-48(2)27-40-28-49(3,32-48)33-53(40)30-41-26-44(37-19-17-34(31-54)18-20-37)58-47(57-41)38-23-21-36(22-24-38)39-12-10-11-35(25-39)29-51-45(55)15-6-4-5-7-16-46(56)52-43-14-9-8-13-42(43)50/h8-14,17-25,40-41,44,47,54H,4-7,15-16,26-33,50H2,1-3H3,(H,51,55)(H,52,56)/t40?,41-,44+,47+,49?/m0/s1. The van der Waals surface area contributed by atoms with Crippen molar-refractivity contribution < 1.29 is 24.2 Å². The summed E-state index contributed by atoms with van der Waals surface area (Å²) in [5.41, 5.74) is 14.0. The van der Waals surface area contributed by atoms with E-state index in [-0.39, 0.29) is 30.6 Å². The Morgan fingerprint density at radius 2 is 1.52 bits per heavy atom. The SMILES string of the molecule is CC1(C)CC2CC(C)(CN2C[C@@H]2C[C@H](c3ccc(CO)cc3)O[C@H](c3ccc(-c4cccc(CNC(=O)CCCCCCC(=O)Nc5ccccc5N)c4)cc3)O2)C1. The molecule has 1 saturated carbocycles. The molecule has 58 heavy (non-hydrogen) atoms. The molecule has 4 aromatic rings. The molecule has 7 rings (SSSR count). The van der Waals surface area contributed by atoms with Crippen molar-refractivity contribution in [3.63, 3.8) is 0 Å². The van der Waals surface area contributed by atoms with Gasteiger partial charge in [-0.1, -0.05) is 112 Å². The summed E-state index contributed by atoms with van der Waals surface area (Å²) in [4.78, 5) is 27.6. The Bertz CT molecular complexity index is 2000. The van der Waals surface area contributed by atoms with Gasteiger partial charge in [-0.3, -0.25) is 14.5 Å². The molecule has 9 heteroatoms. The van der Waals surface area contributed by atoms with E-state index in [4.69, 9.17) is 15.2 Å². The number of hydrogen-bond acceptors (Lipinski definition) is 7. The van der Waals surface area contributed by atoms with E-state index >= 15 is 0 Å². The van der Waals surface area contributed by atoms with Gasteiger partial charge in [0, 0.05) is 50.5 Å². The Morgan fingerprint density at radius 3 is 2.26 bits per heavy atom. The fourth-order valence-electron chi connectivity index (χ4n) is 9.82. The number of benzene rings is 4. The number of anilines is 2. The number of aliphatic hydroxyl groups is 1. The minimum Gasteiger partial charge on any atom is -0.397 e. The molecule has 3 fully saturated rings. The van der Waals surface area contributed by atoms with E-state index in [2.05, 4.69) is 84.8 Å². The quantitative estimate of drug-likeness (QED) is 0.0659. The lowest BCUT2D eigenvalue weighted by molar-refractivity contribution is -0.253. The zero-order valence-corrected chi connectivity index (χ0v) is 34.6. The van der Waals surface area contributed by atoms with Crippen LogP contribution in [0.2, 0.25) is 0 Å². The second-order valence-corrected chi connectivity index (χ2v) is 18.1. The highest BCUT2D eigenvalue weighted by Crippen LogP contribution is 2.53. The lowest BCUT2D eigenvalue weighted by Gasteiger charge is -2.41. The summed E-state index contributed by atoms with van der Waals surface area (Å²) in [6, 6.07) is 32.7. The van der Waals surface area contributed by atoms with Crippen LogP contribution in [-0.2, 0) is 32.2 Å². The van der Waals surface area contributed by atoms with Crippen molar-refractivity contribution in [1.29, 1.82) is 0 Å². The summed E-state index contributed by atoms with van der Waals surface area (Å²) in [7, 11) is 0. The molecule has 3 aliphatic rings. The first kappa shape index (κ1) is 41.6. The summed E-state index contributed by atoms with van der Waals surface area (Å²) < 4.78 is 13.5. The molecular weight excluding hydrogens is 725 g/mol. The molecule has 0 spiro atoms. The lowest BCUT2D eigenvalue weighted by Crippen LogP contribution is -2.42. The number of hydrogen-bond donors (Lipinski definition) is 4. The van der Waals surface area contributed by atoms with Crippen LogP contribution in [0.1, 0.15) is 120 Å². The van der Waals surface area contributed by atoms with E-state index in [1.54, 1.807) is 12.1 Å². The minimum absolute atomic E-state index is 0.0215. The molecule has 5 N–H and O–H groups in total. The zero-order chi connectivity index (χ0) is 40.7. The predicted molar refractivity (Wildman–Crippen MR) is 230 cm³/mol. The average Bonchev–Trinajstić information content (AvgIpc) is 3.45. The second-order valence-electron chi connectivity index (χ2n) is 18.1. The highest BCUT2D eigenvalue weighted by molar-refractivity contribution is 5.93. The Labute approximate surface area is 344 Å². The molecular formula is C49H62N4O5. The van der Waals surface area contributed by atoms with Crippen LogP contribution < -0.4 is 16.4 Å². The van der Waals surface area contributed by atoms with E-state index in [1.165, 1.54) is 19.3 Å². The molecule has 0 aromatic heterocycles. The van der Waals surface area contributed by atoms with E-state index in [0.717, 1.165) is 78.6 Å². The van der Waals surface area contributed by atoms with Crippen LogP contribution in [0.5, 0.6) is 0 Å². The number of likely N-dealkylation sites (tertiary alicyclic amines) is 1. The van der Waals surface area contributed by atoms with Gasteiger partial charge >= 0.3 is 0 Å². The number of nitrogen functional groups attached to an aromatic ring is 1. The first-order chi connectivity index (χ1) is 27.9. The molecule has 2 saturated heterocycles. The summed E-state index contributed by atoms with van der Waals surface area (Å²) in [5.74, 6) is -0.00902. The maximum Gasteiger partial charge on any atom is 0.224 e. The third-order valence-corrected chi connectivity index (χ3v) is 12.3. The van der Waals surface area contributed by atoms with E-state index < -0.39 is 6.29 Å². The fraction of sp³-hybridized carbons (Fsp3) is 0.469. The number of nitrogens with zero attached hydrogens (tertiary/aromatic N) is 1. The molecule has 5 atom stereocenters. The molecule has 2 unspecified atom stereocenters. The maximum absolute atomic E-state index is 12.7. The summed E-state index contributed by atoms with van der Waals surface area (Å²) in [5, 5.41) is 15.6. The van der Waals surface area contributed by atoms with Gasteiger partial charge in [-0.2, -0.15) is 0 Å². The third-order valence-electron chi connectivity index (χ3n) is 12.3. The van der Waals surface area contributed by atoms with Gasteiger partial charge in [-0.25, -0.2) is 0 Å². The second kappa shape index (κ2) is 18.6. The third kappa shape index (κ3) is 10.9. The van der Waals surface area contributed by atoms with Gasteiger partial charge in [0.25, 0.3) is 0 Å². The molecule has 2 bridgehead atoms. The number of fused-ring (bicyclic) bond motifs is 2. The van der Waals surface area contributed by atoms with Crippen molar-refractivity contribution in [2.24, 2.45) is 10.8 Å². The molecule has 1 aliphatic carbocycles. The number of nitrogens with one attached hydrogen (secondary N) is 2. The van der Waals surface area contributed by atoms with Gasteiger partial charge in [0.2, 0.25) is 11.8 Å². The van der Waals surface area contributed by atoms with Crippen molar-refractivity contribution in [3.05, 3.63) is 119 Å². The van der Waals surface area contributed by atoms with Crippen LogP contribution in [0.3, 0.4) is 0 Å². The smallest absolute Gasteiger partial charge is 0.224 e. The minimum atomic E-state index is -0.495. The number of carbonyl (C=O) groups is 2. The van der Waals surface area contributed by atoms with Gasteiger partial charge in [-0.05, 0) is 89.0 Å². The summed E-state index contributed by atoms with van der Waals surface area (Å²) in [6.45, 7) is 9.82. The lowest BCUT2D eigenvalue weighted by atomic mass is 9.65. The van der Waals surface area contributed by atoms with Crippen LogP contribution >= 0.6 is 0 Å². The van der Waals surface area contributed by atoms with Gasteiger partial charge in [-0.15, -0.1) is 0 Å². The van der Waals surface area contributed by atoms with Gasteiger partial charge in [0.1, 0.15) is 0 Å². The van der Waals surface area contributed by atoms with Crippen molar-refractivity contribution in [2.75, 3.05) is 24.1 Å². The largest absolute Gasteiger partial charge is 0.397 e. The number of rotatable bonds is 16. The van der Waals surface area contributed by atoms with Crippen LogP contribution in [-0.4, -0.2) is 47.1 Å². The van der Waals surface area contributed by atoms with E-state index in [1.807, 2.05) is 36.4 Å². The van der Waals surface area contributed by atoms with Crippen LogP contribution in [0.4, 0.5) is 11.4 Å². The average molecular weight is 787 g/mol. The number of carbonyl (C=O) groups excluding carboxylic acids is 2. The molecule has 4 aromatic carbocycles. The first-order valence-electron chi connectivity index (χ1n) is 21.3. The fourth-order valence-corrected chi connectivity index (χ4v) is 9.82. The Hall–Kier alpha value is -4.54.